The number of hydrogen-bond acceptors (Lipinski definition) is 7. The first-order valence-corrected chi connectivity index (χ1v) is 10.4. The highest BCUT2D eigenvalue weighted by Gasteiger charge is 2.89. The fourth-order valence-corrected chi connectivity index (χ4v) is 7.56. The fourth-order valence-electron chi connectivity index (χ4n) is 6.95. The van der Waals surface area contributed by atoms with Crippen LogP contribution in [0.3, 0.4) is 0 Å². The van der Waals surface area contributed by atoms with E-state index >= 15 is 0 Å². The minimum Gasteiger partial charge on any atom is -0.458 e. The normalized spacial score (nSPS) is 55.1. The lowest BCUT2D eigenvalue weighted by atomic mass is 9.44. The molecule has 156 valence electrons. The van der Waals surface area contributed by atoms with Gasteiger partial charge in [0.15, 0.2) is 0 Å². The number of aliphatic hydroxyl groups excluding tert-OH is 1. The molecule has 0 aromatic heterocycles. The summed E-state index contributed by atoms with van der Waals surface area (Å²) < 4.78 is 11.4. The number of aliphatic hydroxyl groups is 4. The topological polar surface area (TPSA) is 120 Å². The number of ether oxygens (including phenoxy) is 2. The lowest BCUT2D eigenvalue weighted by molar-refractivity contribution is -0.284. The number of esters is 1. The Bertz CT molecular complexity index is 805. The van der Waals surface area contributed by atoms with Crippen molar-refractivity contribution in [1.82, 2.24) is 0 Å². The average molecular weight is 415 g/mol. The van der Waals surface area contributed by atoms with Crippen LogP contribution in [-0.2, 0) is 14.3 Å². The van der Waals surface area contributed by atoms with Crippen molar-refractivity contribution in [2.45, 2.75) is 86.4 Å². The summed E-state index contributed by atoms with van der Waals surface area (Å²) in [6.45, 7) is 5.01. The highest BCUT2D eigenvalue weighted by atomic mass is 35.5. The molecule has 0 bridgehead atoms. The van der Waals surface area contributed by atoms with Crippen LogP contribution in [0.4, 0.5) is 0 Å². The summed E-state index contributed by atoms with van der Waals surface area (Å²) >= 11 is 6.60. The Morgan fingerprint density at radius 2 is 1.93 bits per heavy atom. The van der Waals surface area contributed by atoms with Gasteiger partial charge in [-0.1, -0.05) is 6.92 Å². The van der Waals surface area contributed by atoms with Crippen LogP contribution < -0.4 is 0 Å². The van der Waals surface area contributed by atoms with E-state index in [4.69, 9.17) is 21.1 Å². The smallest absolute Gasteiger partial charge is 0.334 e. The Morgan fingerprint density at radius 3 is 2.57 bits per heavy atom. The number of carbonyl (C=O) groups is 1. The summed E-state index contributed by atoms with van der Waals surface area (Å²) in [5.74, 6) is -0.295. The molecule has 28 heavy (non-hydrogen) atoms. The quantitative estimate of drug-likeness (QED) is 0.278. The summed E-state index contributed by atoms with van der Waals surface area (Å²) in [6.07, 6.45) is -0.609. The lowest BCUT2D eigenvalue weighted by Crippen LogP contribution is -2.81. The van der Waals surface area contributed by atoms with Crippen molar-refractivity contribution in [1.29, 1.82) is 0 Å². The molecule has 2 heterocycles. The Morgan fingerprint density at radius 1 is 1.25 bits per heavy atom. The molecular weight excluding hydrogens is 388 g/mol. The molecule has 3 fully saturated rings. The Hall–Kier alpha value is -0.700. The number of alkyl halides is 1. The van der Waals surface area contributed by atoms with E-state index in [2.05, 4.69) is 0 Å². The number of epoxide rings is 1. The second-order valence-corrected chi connectivity index (χ2v) is 10.4. The predicted octanol–water partition coefficient (Wildman–Crippen LogP) is 0.402. The van der Waals surface area contributed by atoms with Crippen LogP contribution in [0, 0.1) is 11.3 Å². The molecule has 0 unspecified atom stereocenters. The van der Waals surface area contributed by atoms with E-state index in [0.29, 0.717) is 19.3 Å². The van der Waals surface area contributed by atoms with Crippen molar-refractivity contribution in [2.75, 3.05) is 6.61 Å². The zero-order valence-corrected chi connectivity index (χ0v) is 17.0. The van der Waals surface area contributed by atoms with Crippen LogP contribution in [-0.4, -0.2) is 73.0 Å². The maximum atomic E-state index is 12.0. The molecule has 1 saturated heterocycles. The van der Waals surface area contributed by atoms with E-state index in [1.165, 1.54) is 13.8 Å². The van der Waals surface area contributed by atoms with Crippen LogP contribution in [0.5, 0.6) is 0 Å². The van der Waals surface area contributed by atoms with Crippen molar-refractivity contribution in [3.63, 3.8) is 0 Å². The monoisotopic (exact) mass is 414 g/mol. The lowest BCUT2D eigenvalue weighted by Gasteiger charge is -2.62. The molecule has 4 N–H and O–H groups in total. The maximum Gasteiger partial charge on any atom is 0.334 e. The van der Waals surface area contributed by atoms with E-state index in [1.54, 1.807) is 0 Å². The Balaban J connectivity index is 1.64. The van der Waals surface area contributed by atoms with E-state index in [1.807, 2.05) is 6.92 Å². The fraction of sp³-hybridized carbons (Fsp3) is 0.850. The minimum atomic E-state index is -2.14. The molecule has 1 spiro atoms. The Labute approximate surface area is 168 Å². The van der Waals surface area contributed by atoms with Crippen molar-refractivity contribution >= 4 is 17.6 Å². The third-order valence-electron chi connectivity index (χ3n) is 8.57. The zero-order chi connectivity index (χ0) is 20.5. The number of carbonyl (C=O) groups excluding carboxylic acids is 1. The third-order valence-corrected chi connectivity index (χ3v) is 9.14. The average Bonchev–Trinajstić information content (AvgIpc) is 3.29. The third kappa shape index (κ3) is 1.75. The van der Waals surface area contributed by atoms with Gasteiger partial charge in [-0.3, -0.25) is 0 Å². The molecule has 2 saturated carbocycles. The van der Waals surface area contributed by atoms with Crippen LogP contribution in [0.2, 0.25) is 0 Å². The summed E-state index contributed by atoms with van der Waals surface area (Å²) in [6, 6.07) is 0. The molecule has 3 aliphatic carbocycles. The molecule has 2 aliphatic heterocycles. The van der Waals surface area contributed by atoms with E-state index < -0.39 is 45.4 Å². The van der Waals surface area contributed by atoms with E-state index in [-0.39, 0.29) is 24.9 Å². The van der Waals surface area contributed by atoms with Crippen LogP contribution >= 0.6 is 11.6 Å². The first kappa shape index (κ1) is 19.3. The van der Waals surface area contributed by atoms with Crippen molar-refractivity contribution in [2.24, 2.45) is 11.3 Å². The van der Waals surface area contributed by atoms with Crippen molar-refractivity contribution < 1.29 is 34.7 Å². The maximum absolute atomic E-state index is 12.0. The van der Waals surface area contributed by atoms with Crippen LogP contribution in [0.1, 0.15) is 46.5 Å². The molecule has 5 aliphatic rings. The van der Waals surface area contributed by atoms with Crippen LogP contribution in [0.15, 0.2) is 11.1 Å². The Kier molecular flexibility index (Phi) is 3.53. The molecule has 0 aromatic carbocycles. The van der Waals surface area contributed by atoms with Gasteiger partial charge in [-0.25, -0.2) is 4.79 Å². The van der Waals surface area contributed by atoms with E-state index in [0.717, 1.165) is 11.1 Å². The summed E-state index contributed by atoms with van der Waals surface area (Å²) in [5, 5.41) is 43.7. The number of cyclic esters (lactones) is 1. The van der Waals surface area contributed by atoms with Gasteiger partial charge < -0.3 is 29.9 Å². The molecule has 0 amide bonds. The van der Waals surface area contributed by atoms with Crippen LogP contribution in [0.25, 0.3) is 0 Å². The number of rotatable bonds is 1. The van der Waals surface area contributed by atoms with Gasteiger partial charge >= 0.3 is 5.97 Å². The molecule has 0 aromatic rings. The molecule has 7 nitrogen and oxygen atoms in total. The van der Waals surface area contributed by atoms with Gasteiger partial charge in [0.1, 0.15) is 35.6 Å². The highest BCUT2D eigenvalue weighted by Crippen LogP contribution is 2.74. The number of hydrogen-bond donors (Lipinski definition) is 4. The SMILES string of the molecule is CC(C)(O)[C@]1(O)[C@H](Cl)[C@@H]2O[C@@]23[C@@]2(C)CCC4=C(COC4=O)[C@@H]2CC[C@@]3(O)[C@@H]1O. The van der Waals surface area contributed by atoms with Gasteiger partial charge in [0.2, 0.25) is 0 Å². The summed E-state index contributed by atoms with van der Waals surface area (Å²) in [7, 11) is 0. The van der Waals surface area contributed by atoms with Gasteiger partial charge in [0.25, 0.3) is 0 Å². The van der Waals surface area contributed by atoms with Gasteiger partial charge in [0.05, 0.1) is 11.0 Å². The zero-order valence-electron chi connectivity index (χ0n) is 16.2. The van der Waals surface area contributed by atoms with Crippen molar-refractivity contribution in [3.8, 4) is 0 Å². The predicted molar refractivity (Wildman–Crippen MR) is 97.5 cm³/mol. The number of fused-ring (bicyclic) bond motifs is 2. The van der Waals surface area contributed by atoms with Crippen molar-refractivity contribution in [3.05, 3.63) is 11.1 Å². The van der Waals surface area contributed by atoms with Gasteiger partial charge in [-0.05, 0) is 51.0 Å². The molecule has 0 radical (unpaired) electrons. The molecule has 8 heteroatoms. The first-order chi connectivity index (χ1) is 12.9. The second-order valence-electron chi connectivity index (χ2n) is 9.98. The highest BCUT2D eigenvalue weighted by molar-refractivity contribution is 6.22. The molecule has 5 rings (SSSR count). The first-order valence-electron chi connectivity index (χ1n) is 9.92. The van der Waals surface area contributed by atoms with E-state index in [9.17, 15) is 25.2 Å². The standard InChI is InChI=1S/C20H27ClO7/c1-16(2,24)19(26)12(21)13-20(28-13)17(3)6-4-9-10(8-27-14(9)22)11(17)5-7-18(20,25)15(19)23/h11-13,15,23-26H,4-8H2,1-3H3/t11-,12+,13-,15-,17-,18+,19-,20+/m0/s1. The minimum absolute atomic E-state index is 0.0302. The second kappa shape index (κ2) is 5.13. The molecular formula is C20H27ClO7. The van der Waals surface area contributed by atoms with Gasteiger partial charge in [0, 0.05) is 11.0 Å². The largest absolute Gasteiger partial charge is 0.458 e. The van der Waals surface area contributed by atoms with Gasteiger partial charge in [-0.2, -0.15) is 0 Å². The van der Waals surface area contributed by atoms with Gasteiger partial charge in [-0.15, -0.1) is 11.6 Å². The number of halogens is 1. The summed E-state index contributed by atoms with van der Waals surface area (Å²) in [5.41, 5.74) is -5.67. The molecule has 8 atom stereocenters. The summed E-state index contributed by atoms with van der Waals surface area (Å²) in [4.78, 5) is 12.0.